The van der Waals surface area contributed by atoms with E-state index in [0.717, 1.165) is 10.6 Å². The quantitative estimate of drug-likeness (QED) is 0.543. The van der Waals surface area contributed by atoms with Crippen molar-refractivity contribution in [3.8, 4) is 0 Å². The number of aliphatic hydroxyl groups excluding tert-OH is 1. The molecule has 0 saturated carbocycles. The van der Waals surface area contributed by atoms with E-state index in [0.29, 0.717) is 0 Å². The summed E-state index contributed by atoms with van der Waals surface area (Å²) in [5.41, 5.74) is 0. The van der Waals surface area contributed by atoms with Crippen LogP contribution in [0.25, 0.3) is 0 Å². The molecule has 0 aromatic carbocycles. The van der Waals surface area contributed by atoms with E-state index in [1.165, 1.54) is 7.11 Å². The van der Waals surface area contributed by atoms with Gasteiger partial charge in [0, 0.05) is 26.5 Å². The third-order valence-corrected chi connectivity index (χ3v) is 5.08. The van der Waals surface area contributed by atoms with Gasteiger partial charge in [-0.05, 0) is 0 Å². The molecule has 0 amide bonds. The molecular formula is C8H19NO6S2. The number of sulfonamides is 1. The molecule has 0 aromatic heterocycles. The molecule has 104 valence electrons. The minimum atomic E-state index is -3.68. The number of hydrogen-bond acceptors (Lipinski definition) is 6. The van der Waals surface area contributed by atoms with Crippen molar-refractivity contribution in [3.63, 3.8) is 0 Å². The van der Waals surface area contributed by atoms with Gasteiger partial charge in [0.1, 0.15) is 9.84 Å². The van der Waals surface area contributed by atoms with Gasteiger partial charge in [-0.15, -0.1) is 0 Å². The Morgan fingerprint density at radius 3 is 2.12 bits per heavy atom. The molecule has 9 heteroatoms. The van der Waals surface area contributed by atoms with Crippen molar-refractivity contribution >= 4 is 19.9 Å². The van der Waals surface area contributed by atoms with Crippen molar-refractivity contribution in [3.05, 3.63) is 0 Å². The van der Waals surface area contributed by atoms with Gasteiger partial charge in [-0.25, -0.2) is 16.8 Å². The van der Waals surface area contributed by atoms with Crippen LogP contribution in [0.4, 0.5) is 0 Å². The summed E-state index contributed by atoms with van der Waals surface area (Å²) in [6.07, 6.45) is 0.980. The third-order valence-electron chi connectivity index (χ3n) is 2.00. The van der Waals surface area contributed by atoms with Crippen LogP contribution in [0.15, 0.2) is 0 Å². The fraction of sp³-hybridized carbons (Fsp3) is 1.00. The van der Waals surface area contributed by atoms with E-state index in [2.05, 4.69) is 0 Å². The predicted molar refractivity (Wildman–Crippen MR) is 64.0 cm³/mol. The van der Waals surface area contributed by atoms with Gasteiger partial charge in [0.05, 0.1) is 24.7 Å². The van der Waals surface area contributed by atoms with E-state index < -0.39 is 31.4 Å². The van der Waals surface area contributed by atoms with E-state index in [9.17, 15) is 16.8 Å². The van der Waals surface area contributed by atoms with Gasteiger partial charge >= 0.3 is 0 Å². The van der Waals surface area contributed by atoms with Gasteiger partial charge < -0.3 is 9.84 Å². The number of hydrogen-bond donors (Lipinski definition) is 1. The van der Waals surface area contributed by atoms with E-state index >= 15 is 0 Å². The monoisotopic (exact) mass is 289 g/mol. The van der Waals surface area contributed by atoms with Crippen LogP contribution in [0.1, 0.15) is 0 Å². The lowest BCUT2D eigenvalue weighted by atomic mass is 10.6. The van der Waals surface area contributed by atoms with Gasteiger partial charge in [0.15, 0.2) is 0 Å². The van der Waals surface area contributed by atoms with Crippen LogP contribution in [-0.2, 0) is 24.6 Å². The van der Waals surface area contributed by atoms with E-state index in [4.69, 9.17) is 9.84 Å². The fourth-order valence-corrected chi connectivity index (χ4v) is 4.10. The number of rotatable bonds is 9. The molecule has 0 fully saturated rings. The molecule has 0 rings (SSSR count). The Morgan fingerprint density at radius 2 is 1.71 bits per heavy atom. The predicted octanol–water partition coefficient (Wildman–Crippen LogP) is -1.70. The molecule has 0 saturated heterocycles. The second kappa shape index (κ2) is 7.27. The summed E-state index contributed by atoms with van der Waals surface area (Å²) < 4.78 is 51.1. The van der Waals surface area contributed by atoms with Gasteiger partial charge in [0.25, 0.3) is 0 Å². The molecule has 7 nitrogen and oxygen atoms in total. The van der Waals surface area contributed by atoms with Crippen molar-refractivity contribution in [2.24, 2.45) is 0 Å². The maximum Gasteiger partial charge on any atom is 0.215 e. The standard InChI is InChI=1S/C8H19NO6S2/c1-15-6-4-9(3-5-10)17(13,14)8-7-16(2,11)12/h10H,3-8H2,1-2H3. The van der Waals surface area contributed by atoms with Crippen molar-refractivity contribution in [2.45, 2.75) is 0 Å². The molecule has 17 heavy (non-hydrogen) atoms. The lowest BCUT2D eigenvalue weighted by Crippen LogP contribution is -2.39. The van der Waals surface area contributed by atoms with Crippen LogP contribution in [0, 0.1) is 0 Å². The Morgan fingerprint density at radius 1 is 1.12 bits per heavy atom. The molecule has 0 aliphatic rings. The number of ether oxygens (including phenoxy) is 1. The molecule has 0 unspecified atom stereocenters. The Labute approximate surface area is 102 Å². The van der Waals surface area contributed by atoms with Crippen molar-refractivity contribution < 1.29 is 26.7 Å². The first kappa shape index (κ1) is 16.8. The molecule has 0 spiro atoms. The number of aliphatic hydroxyl groups is 1. The normalized spacial score (nSPS) is 13.2. The van der Waals surface area contributed by atoms with Crippen LogP contribution in [-0.4, -0.2) is 77.4 Å². The van der Waals surface area contributed by atoms with Crippen LogP contribution >= 0.6 is 0 Å². The van der Waals surface area contributed by atoms with Gasteiger partial charge in [-0.1, -0.05) is 0 Å². The van der Waals surface area contributed by atoms with Gasteiger partial charge in [-0.3, -0.25) is 0 Å². The average molecular weight is 289 g/mol. The Kier molecular flexibility index (Phi) is 7.17. The first-order valence-electron chi connectivity index (χ1n) is 4.98. The summed E-state index contributed by atoms with van der Waals surface area (Å²) in [5.74, 6) is -0.903. The fourth-order valence-electron chi connectivity index (χ4n) is 1.08. The number of methoxy groups -OCH3 is 1. The molecule has 0 heterocycles. The maximum atomic E-state index is 11.8. The summed E-state index contributed by atoms with van der Waals surface area (Å²) in [6, 6.07) is 0. The zero-order valence-corrected chi connectivity index (χ0v) is 11.6. The SMILES string of the molecule is COCCN(CCO)S(=O)(=O)CCS(C)(=O)=O. The number of nitrogens with zero attached hydrogens (tertiary/aromatic N) is 1. The molecule has 0 radical (unpaired) electrons. The van der Waals surface area contributed by atoms with Gasteiger partial charge in [0.2, 0.25) is 10.0 Å². The molecule has 0 aliphatic heterocycles. The minimum absolute atomic E-state index is 0.0601. The second-order valence-corrected chi connectivity index (χ2v) is 7.91. The van der Waals surface area contributed by atoms with Crippen molar-refractivity contribution in [1.29, 1.82) is 0 Å². The molecule has 1 N–H and O–H groups in total. The first-order chi connectivity index (χ1) is 7.73. The average Bonchev–Trinajstić information content (AvgIpc) is 2.20. The third kappa shape index (κ3) is 7.66. The Hall–Kier alpha value is -0.220. The minimum Gasteiger partial charge on any atom is -0.395 e. The van der Waals surface area contributed by atoms with Crippen LogP contribution < -0.4 is 0 Å². The topological polar surface area (TPSA) is 101 Å². The highest BCUT2D eigenvalue weighted by Gasteiger charge is 2.22. The first-order valence-corrected chi connectivity index (χ1v) is 8.65. The van der Waals surface area contributed by atoms with Crippen molar-refractivity contribution in [2.75, 3.05) is 51.2 Å². The number of sulfone groups is 1. The Bertz CT molecular complexity index is 402. The molecule has 0 aliphatic carbocycles. The maximum absolute atomic E-state index is 11.8. The highest BCUT2D eigenvalue weighted by molar-refractivity contribution is 7.93. The summed E-state index contributed by atoms with van der Waals surface area (Å²) >= 11 is 0. The van der Waals surface area contributed by atoms with E-state index in [-0.39, 0.29) is 26.3 Å². The van der Waals surface area contributed by atoms with E-state index in [1.807, 2.05) is 0 Å². The summed E-state index contributed by atoms with van der Waals surface area (Å²) in [4.78, 5) is 0. The highest BCUT2D eigenvalue weighted by atomic mass is 32.2. The summed E-state index contributed by atoms with van der Waals surface area (Å²) in [7, 11) is -5.57. The zero-order chi connectivity index (χ0) is 13.5. The lowest BCUT2D eigenvalue weighted by molar-refractivity contribution is 0.169. The Balaban J connectivity index is 4.59. The molecular weight excluding hydrogens is 270 g/mol. The second-order valence-electron chi connectivity index (χ2n) is 3.56. The summed E-state index contributed by atoms with van der Waals surface area (Å²) in [5, 5.41) is 8.76. The van der Waals surface area contributed by atoms with Gasteiger partial charge in [-0.2, -0.15) is 4.31 Å². The zero-order valence-electron chi connectivity index (χ0n) is 9.99. The smallest absolute Gasteiger partial charge is 0.215 e. The van der Waals surface area contributed by atoms with Crippen molar-refractivity contribution in [1.82, 2.24) is 4.31 Å². The molecule has 0 atom stereocenters. The van der Waals surface area contributed by atoms with Crippen LogP contribution in [0.2, 0.25) is 0 Å². The summed E-state index contributed by atoms with van der Waals surface area (Å²) in [6.45, 7) is -0.0848. The molecule has 0 aromatic rings. The highest BCUT2D eigenvalue weighted by Crippen LogP contribution is 2.02. The largest absolute Gasteiger partial charge is 0.395 e. The van der Waals surface area contributed by atoms with Crippen LogP contribution in [0.3, 0.4) is 0 Å². The lowest BCUT2D eigenvalue weighted by Gasteiger charge is -2.20. The van der Waals surface area contributed by atoms with E-state index in [1.54, 1.807) is 0 Å². The van der Waals surface area contributed by atoms with Crippen LogP contribution in [0.5, 0.6) is 0 Å². The molecule has 0 bridgehead atoms.